The summed E-state index contributed by atoms with van der Waals surface area (Å²) in [5.74, 6) is -0.364. The van der Waals surface area contributed by atoms with Gasteiger partial charge in [0.1, 0.15) is 10.5 Å². The Bertz CT molecular complexity index is 770. The molecule has 1 heterocycles. The molecule has 3 aromatic rings. The average Bonchev–Trinajstić information content (AvgIpc) is 3.13. The molecule has 24 heavy (non-hydrogen) atoms. The maximum absolute atomic E-state index is 12.0. The first-order valence-electron chi connectivity index (χ1n) is 7.77. The van der Waals surface area contributed by atoms with Gasteiger partial charge in [0.25, 0.3) is 0 Å². The molecule has 0 saturated heterocycles. The zero-order valence-corrected chi connectivity index (χ0v) is 14.1. The third-order valence-electron chi connectivity index (χ3n) is 3.82. The minimum atomic E-state index is -1.31. The lowest BCUT2D eigenvalue weighted by molar-refractivity contribution is 0.0532. The summed E-state index contributed by atoms with van der Waals surface area (Å²) in [5, 5.41) is 11.6. The van der Waals surface area contributed by atoms with Crippen molar-refractivity contribution in [3.8, 4) is 0 Å². The molecule has 0 unspecified atom stereocenters. The Morgan fingerprint density at radius 1 is 0.958 bits per heavy atom. The van der Waals surface area contributed by atoms with Gasteiger partial charge in [-0.2, -0.15) is 0 Å². The van der Waals surface area contributed by atoms with Gasteiger partial charge in [-0.15, -0.1) is 11.3 Å². The maximum Gasteiger partial charge on any atom is 0.348 e. The first-order valence-corrected chi connectivity index (χ1v) is 8.58. The van der Waals surface area contributed by atoms with E-state index in [0.29, 0.717) is 16.4 Å². The van der Waals surface area contributed by atoms with E-state index < -0.39 is 5.60 Å². The van der Waals surface area contributed by atoms with Crippen molar-refractivity contribution in [3.63, 3.8) is 0 Å². The largest absolute Gasteiger partial charge is 0.462 e. The number of thiophene rings is 1. The van der Waals surface area contributed by atoms with Gasteiger partial charge in [-0.05, 0) is 30.2 Å². The van der Waals surface area contributed by atoms with Crippen LogP contribution in [0.3, 0.4) is 0 Å². The third kappa shape index (κ3) is 2.98. The highest BCUT2D eigenvalue weighted by Crippen LogP contribution is 2.40. The van der Waals surface area contributed by atoms with Crippen LogP contribution in [0.25, 0.3) is 0 Å². The predicted molar refractivity (Wildman–Crippen MR) is 95.3 cm³/mol. The molecule has 0 spiro atoms. The molecule has 122 valence electrons. The lowest BCUT2D eigenvalue weighted by Crippen LogP contribution is -2.27. The quantitative estimate of drug-likeness (QED) is 0.709. The molecule has 1 N–H and O–H groups in total. The molecule has 0 aliphatic rings. The number of carbonyl (C=O) groups is 1. The third-order valence-corrected chi connectivity index (χ3v) is 5.00. The normalized spacial score (nSPS) is 11.2. The van der Waals surface area contributed by atoms with Crippen LogP contribution in [0, 0.1) is 0 Å². The van der Waals surface area contributed by atoms with Crippen molar-refractivity contribution in [2.75, 3.05) is 6.61 Å². The number of aliphatic hydroxyl groups is 1. The highest BCUT2D eigenvalue weighted by molar-refractivity contribution is 7.14. The van der Waals surface area contributed by atoms with E-state index in [4.69, 9.17) is 4.74 Å². The summed E-state index contributed by atoms with van der Waals surface area (Å²) in [6.07, 6.45) is 0. The van der Waals surface area contributed by atoms with Crippen molar-refractivity contribution in [1.29, 1.82) is 0 Å². The van der Waals surface area contributed by atoms with Crippen molar-refractivity contribution in [1.82, 2.24) is 0 Å². The Kier molecular flexibility index (Phi) is 4.79. The number of hydrogen-bond acceptors (Lipinski definition) is 4. The second kappa shape index (κ2) is 6.99. The van der Waals surface area contributed by atoms with E-state index in [1.807, 2.05) is 60.7 Å². The van der Waals surface area contributed by atoms with Crippen LogP contribution in [0.4, 0.5) is 0 Å². The van der Waals surface area contributed by atoms with Crippen LogP contribution in [0.15, 0.2) is 72.8 Å². The van der Waals surface area contributed by atoms with Crippen molar-refractivity contribution >= 4 is 17.3 Å². The second-order valence-corrected chi connectivity index (χ2v) is 6.41. The lowest BCUT2D eigenvalue weighted by atomic mass is 9.85. The van der Waals surface area contributed by atoms with Gasteiger partial charge in [-0.25, -0.2) is 4.79 Å². The van der Waals surface area contributed by atoms with Gasteiger partial charge < -0.3 is 9.84 Å². The van der Waals surface area contributed by atoms with Gasteiger partial charge in [0, 0.05) is 4.88 Å². The molecule has 0 amide bonds. The summed E-state index contributed by atoms with van der Waals surface area (Å²) in [5.41, 5.74) is 0.208. The van der Waals surface area contributed by atoms with E-state index in [1.54, 1.807) is 19.1 Å². The Labute approximate surface area is 145 Å². The van der Waals surface area contributed by atoms with Gasteiger partial charge in [0.15, 0.2) is 0 Å². The van der Waals surface area contributed by atoms with Crippen LogP contribution in [-0.4, -0.2) is 17.7 Å². The number of rotatable bonds is 5. The highest BCUT2D eigenvalue weighted by atomic mass is 32.1. The molecule has 1 aromatic heterocycles. The van der Waals surface area contributed by atoms with E-state index in [1.165, 1.54) is 11.3 Å². The molecule has 0 radical (unpaired) electrons. The van der Waals surface area contributed by atoms with Crippen molar-refractivity contribution < 1.29 is 14.6 Å². The van der Waals surface area contributed by atoms with Crippen molar-refractivity contribution in [2.24, 2.45) is 0 Å². The second-order valence-electron chi connectivity index (χ2n) is 5.33. The summed E-state index contributed by atoms with van der Waals surface area (Å²) in [6.45, 7) is 2.10. The maximum atomic E-state index is 12.0. The topological polar surface area (TPSA) is 46.5 Å². The van der Waals surface area contributed by atoms with Gasteiger partial charge in [0.05, 0.1) is 6.61 Å². The molecule has 0 fully saturated rings. The van der Waals surface area contributed by atoms with E-state index in [0.717, 1.165) is 11.1 Å². The molecule has 0 aliphatic heterocycles. The Morgan fingerprint density at radius 3 is 2.00 bits per heavy atom. The monoisotopic (exact) mass is 338 g/mol. The van der Waals surface area contributed by atoms with Gasteiger partial charge in [-0.3, -0.25) is 0 Å². The van der Waals surface area contributed by atoms with Crippen LogP contribution in [0.2, 0.25) is 0 Å². The Morgan fingerprint density at radius 2 is 1.50 bits per heavy atom. The van der Waals surface area contributed by atoms with Crippen LogP contribution in [-0.2, 0) is 10.3 Å². The number of benzene rings is 2. The summed E-state index contributed by atoms with van der Waals surface area (Å²) in [7, 11) is 0. The van der Waals surface area contributed by atoms with Crippen molar-refractivity contribution in [3.05, 3.63) is 93.7 Å². The fourth-order valence-electron chi connectivity index (χ4n) is 2.65. The minimum Gasteiger partial charge on any atom is -0.462 e. The fraction of sp³-hybridized carbons (Fsp3) is 0.150. The van der Waals surface area contributed by atoms with E-state index >= 15 is 0 Å². The smallest absolute Gasteiger partial charge is 0.348 e. The zero-order valence-electron chi connectivity index (χ0n) is 13.3. The zero-order chi connectivity index (χ0) is 17.0. The van der Waals surface area contributed by atoms with E-state index in [9.17, 15) is 9.90 Å². The standard InChI is InChI=1S/C20H18O3S/c1-2-23-19(21)17-13-14-18(24-17)20(22,15-9-5-3-6-10-15)16-11-7-4-8-12-16/h3-14,22H,2H2,1H3. The Hall–Kier alpha value is -2.43. The summed E-state index contributed by atoms with van der Waals surface area (Å²) in [4.78, 5) is 13.1. The summed E-state index contributed by atoms with van der Waals surface area (Å²) in [6, 6.07) is 22.4. The number of hydrogen-bond donors (Lipinski definition) is 1. The van der Waals surface area contributed by atoms with Gasteiger partial charge in [-0.1, -0.05) is 60.7 Å². The number of esters is 1. The minimum absolute atomic E-state index is 0.327. The first-order chi connectivity index (χ1) is 11.7. The molecule has 0 saturated carbocycles. The molecular formula is C20H18O3S. The first kappa shape index (κ1) is 16.4. The summed E-state index contributed by atoms with van der Waals surface area (Å²) >= 11 is 1.25. The molecule has 4 heteroatoms. The average molecular weight is 338 g/mol. The van der Waals surface area contributed by atoms with Crippen LogP contribution >= 0.6 is 11.3 Å². The fourth-order valence-corrected chi connectivity index (χ4v) is 3.69. The molecule has 0 atom stereocenters. The molecule has 3 rings (SSSR count). The molecule has 2 aromatic carbocycles. The molecular weight excluding hydrogens is 320 g/mol. The Balaban J connectivity index is 2.11. The molecule has 3 nitrogen and oxygen atoms in total. The van der Waals surface area contributed by atoms with Crippen LogP contribution in [0.5, 0.6) is 0 Å². The van der Waals surface area contributed by atoms with Crippen LogP contribution in [0.1, 0.15) is 32.6 Å². The van der Waals surface area contributed by atoms with E-state index in [2.05, 4.69) is 0 Å². The highest BCUT2D eigenvalue weighted by Gasteiger charge is 2.35. The van der Waals surface area contributed by atoms with Gasteiger partial charge >= 0.3 is 5.97 Å². The van der Waals surface area contributed by atoms with E-state index in [-0.39, 0.29) is 5.97 Å². The number of ether oxygens (including phenoxy) is 1. The molecule has 0 aliphatic carbocycles. The lowest BCUT2D eigenvalue weighted by Gasteiger charge is -2.28. The number of carbonyl (C=O) groups excluding carboxylic acids is 1. The summed E-state index contributed by atoms with van der Waals surface area (Å²) < 4.78 is 5.06. The van der Waals surface area contributed by atoms with Gasteiger partial charge in [0.2, 0.25) is 0 Å². The molecule has 0 bridgehead atoms. The van der Waals surface area contributed by atoms with Crippen molar-refractivity contribution in [2.45, 2.75) is 12.5 Å². The predicted octanol–water partition coefficient (Wildman–Crippen LogP) is 4.21. The SMILES string of the molecule is CCOC(=O)c1ccc(C(O)(c2ccccc2)c2ccccc2)s1. The van der Waals surface area contributed by atoms with Crippen LogP contribution < -0.4 is 0 Å².